The zero-order valence-corrected chi connectivity index (χ0v) is 10.9. The number of aliphatic hydroxyl groups excluding tert-OH is 1. The second-order valence-electron chi connectivity index (χ2n) is 4.13. The van der Waals surface area contributed by atoms with Crippen LogP contribution in [-0.4, -0.2) is 16.6 Å². The topological polar surface area (TPSA) is 45.1 Å². The third-order valence-electron chi connectivity index (χ3n) is 2.79. The molecular weight excluding hydrogens is 267 g/mol. The van der Waals surface area contributed by atoms with Crippen molar-refractivity contribution in [3.05, 3.63) is 64.7 Å². The van der Waals surface area contributed by atoms with Crippen LogP contribution in [0.2, 0.25) is 5.02 Å². The largest absolute Gasteiger partial charge is 0.387 e. The average molecular weight is 281 g/mol. The first-order valence-corrected chi connectivity index (χ1v) is 6.28. The molecule has 0 saturated carbocycles. The zero-order valence-electron chi connectivity index (χ0n) is 10.2. The Kier molecular flexibility index (Phi) is 4.85. The standard InChI is InChI=1S/C14H14ClFN2O/c15-12-2-1-3-13(16)11(12)8-18-9-14(19)10-4-6-17-7-5-10/h1-7,14,18-19H,8-9H2. The summed E-state index contributed by atoms with van der Waals surface area (Å²) >= 11 is 5.91. The number of nitrogens with zero attached hydrogens (tertiary/aromatic N) is 1. The molecule has 3 nitrogen and oxygen atoms in total. The van der Waals surface area contributed by atoms with Crippen molar-refractivity contribution in [3.8, 4) is 0 Å². The van der Waals surface area contributed by atoms with Gasteiger partial charge in [-0.25, -0.2) is 4.39 Å². The molecule has 19 heavy (non-hydrogen) atoms. The number of aromatic nitrogens is 1. The van der Waals surface area contributed by atoms with Crippen LogP contribution in [0.25, 0.3) is 0 Å². The van der Waals surface area contributed by atoms with E-state index in [9.17, 15) is 9.50 Å². The van der Waals surface area contributed by atoms with Crippen LogP contribution in [0, 0.1) is 5.82 Å². The summed E-state index contributed by atoms with van der Waals surface area (Å²) in [6.45, 7) is 0.586. The van der Waals surface area contributed by atoms with Crippen molar-refractivity contribution in [2.24, 2.45) is 0 Å². The van der Waals surface area contributed by atoms with Gasteiger partial charge in [-0.2, -0.15) is 0 Å². The van der Waals surface area contributed by atoms with Gasteiger partial charge in [-0.3, -0.25) is 4.98 Å². The Morgan fingerprint density at radius 1 is 1.26 bits per heavy atom. The van der Waals surface area contributed by atoms with Crippen LogP contribution in [0.4, 0.5) is 4.39 Å². The monoisotopic (exact) mass is 280 g/mol. The first-order chi connectivity index (χ1) is 9.18. The minimum Gasteiger partial charge on any atom is -0.387 e. The molecule has 1 atom stereocenters. The highest BCUT2D eigenvalue weighted by Gasteiger charge is 2.09. The van der Waals surface area contributed by atoms with Crippen molar-refractivity contribution < 1.29 is 9.50 Å². The van der Waals surface area contributed by atoms with Crippen LogP contribution >= 0.6 is 11.6 Å². The predicted molar refractivity (Wildman–Crippen MR) is 72.3 cm³/mol. The van der Waals surface area contributed by atoms with Crippen LogP contribution < -0.4 is 5.32 Å². The highest BCUT2D eigenvalue weighted by atomic mass is 35.5. The van der Waals surface area contributed by atoms with Crippen molar-refractivity contribution >= 4 is 11.6 Å². The molecule has 0 spiro atoms. The first-order valence-electron chi connectivity index (χ1n) is 5.90. The van der Waals surface area contributed by atoms with E-state index in [4.69, 9.17) is 11.6 Å². The zero-order chi connectivity index (χ0) is 13.7. The molecule has 5 heteroatoms. The van der Waals surface area contributed by atoms with Crippen molar-refractivity contribution in [1.29, 1.82) is 0 Å². The summed E-state index contributed by atoms with van der Waals surface area (Å²) in [5.41, 5.74) is 1.17. The van der Waals surface area contributed by atoms with Gasteiger partial charge < -0.3 is 10.4 Å². The molecule has 1 heterocycles. The number of halogens is 2. The lowest BCUT2D eigenvalue weighted by molar-refractivity contribution is 0.174. The van der Waals surface area contributed by atoms with E-state index in [1.807, 2.05) is 0 Å². The lowest BCUT2D eigenvalue weighted by atomic mass is 10.1. The van der Waals surface area contributed by atoms with Crippen LogP contribution in [0.1, 0.15) is 17.2 Å². The average Bonchev–Trinajstić information content (AvgIpc) is 2.43. The molecule has 0 saturated heterocycles. The highest BCUT2D eigenvalue weighted by molar-refractivity contribution is 6.31. The fraction of sp³-hybridized carbons (Fsp3) is 0.214. The van der Waals surface area contributed by atoms with E-state index in [0.29, 0.717) is 17.1 Å². The summed E-state index contributed by atoms with van der Waals surface area (Å²) in [6.07, 6.45) is 2.58. The smallest absolute Gasteiger partial charge is 0.129 e. The number of hydrogen-bond acceptors (Lipinski definition) is 3. The lowest BCUT2D eigenvalue weighted by Gasteiger charge is -2.13. The second-order valence-corrected chi connectivity index (χ2v) is 4.53. The fourth-order valence-corrected chi connectivity index (χ4v) is 1.97. The van der Waals surface area contributed by atoms with Crippen LogP contribution in [-0.2, 0) is 6.54 Å². The summed E-state index contributed by atoms with van der Waals surface area (Å²) in [7, 11) is 0. The third kappa shape index (κ3) is 3.73. The van der Waals surface area contributed by atoms with Crippen LogP contribution in [0.5, 0.6) is 0 Å². The van der Waals surface area contributed by atoms with Gasteiger partial charge in [-0.1, -0.05) is 17.7 Å². The maximum Gasteiger partial charge on any atom is 0.129 e. The van der Waals surface area contributed by atoms with Crippen LogP contribution in [0.3, 0.4) is 0 Å². The van der Waals surface area contributed by atoms with E-state index in [1.165, 1.54) is 6.07 Å². The Morgan fingerprint density at radius 2 is 2.00 bits per heavy atom. The number of aliphatic hydroxyl groups is 1. The SMILES string of the molecule is OC(CNCc1c(F)cccc1Cl)c1ccncc1. The molecule has 0 aliphatic carbocycles. The molecule has 1 unspecified atom stereocenters. The predicted octanol–water partition coefficient (Wildman–Crippen LogP) is 2.70. The van der Waals surface area contributed by atoms with Gasteiger partial charge >= 0.3 is 0 Å². The van der Waals surface area contributed by atoms with Gasteiger partial charge in [0.25, 0.3) is 0 Å². The summed E-state index contributed by atoms with van der Waals surface area (Å²) < 4.78 is 13.5. The number of benzene rings is 1. The minimum absolute atomic E-state index is 0.271. The molecule has 0 radical (unpaired) electrons. The molecular formula is C14H14ClFN2O. The third-order valence-corrected chi connectivity index (χ3v) is 3.15. The fourth-order valence-electron chi connectivity index (χ4n) is 1.74. The Labute approximate surface area is 116 Å². The van der Waals surface area contributed by atoms with Gasteiger partial charge in [0.15, 0.2) is 0 Å². The quantitative estimate of drug-likeness (QED) is 0.885. The lowest BCUT2D eigenvalue weighted by Crippen LogP contribution is -2.21. The molecule has 0 bridgehead atoms. The Bertz CT molecular complexity index is 516. The van der Waals surface area contributed by atoms with Crippen molar-refractivity contribution in [2.75, 3.05) is 6.54 Å². The number of hydrogen-bond donors (Lipinski definition) is 2. The molecule has 2 aromatic rings. The molecule has 2 rings (SSSR count). The summed E-state index contributed by atoms with van der Waals surface area (Å²) in [6, 6.07) is 8.04. The highest BCUT2D eigenvalue weighted by Crippen LogP contribution is 2.19. The van der Waals surface area contributed by atoms with Gasteiger partial charge in [-0.05, 0) is 29.8 Å². The minimum atomic E-state index is -0.659. The van der Waals surface area contributed by atoms with Crippen molar-refractivity contribution in [1.82, 2.24) is 10.3 Å². The Morgan fingerprint density at radius 3 is 2.68 bits per heavy atom. The summed E-state index contributed by atoms with van der Waals surface area (Å²) in [4.78, 5) is 3.88. The van der Waals surface area contributed by atoms with Gasteiger partial charge in [-0.15, -0.1) is 0 Å². The van der Waals surface area contributed by atoms with Crippen LogP contribution in [0.15, 0.2) is 42.7 Å². The van der Waals surface area contributed by atoms with Gasteiger partial charge in [0.2, 0.25) is 0 Å². The van der Waals surface area contributed by atoms with Gasteiger partial charge in [0.05, 0.1) is 6.10 Å². The molecule has 100 valence electrons. The summed E-state index contributed by atoms with van der Waals surface area (Å²) in [5, 5.41) is 13.3. The van der Waals surface area contributed by atoms with E-state index in [2.05, 4.69) is 10.3 Å². The van der Waals surface area contributed by atoms with Gasteiger partial charge in [0.1, 0.15) is 5.82 Å². The first kappa shape index (κ1) is 13.9. The number of pyridine rings is 1. The van der Waals surface area contributed by atoms with Crippen molar-refractivity contribution in [3.63, 3.8) is 0 Å². The molecule has 1 aromatic heterocycles. The molecule has 1 aromatic carbocycles. The number of rotatable bonds is 5. The van der Waals surface area contributed by atoms with Crippen molar-refractivity contribution in [2.45, 2.75) is 12.6 Å². The van der Waals surface area contributed by atoms with E-state index in [1.54, 1.807) is 36.7 Å². The maximum absolute atomic E-state index is 13.5. The molecule has 2 N–H and O–H groups in total. The van der Waals surface area contributed by atoms with E-state index < -0.39 is 6.10 Å². The summed E-state index contributed by atoms with van der Waals surface area (Å²) in [5.74, 6) is -0.349. The second kappa shape index (κ2) is 6.61. The van der Waals surface area contributed by atoms with Gasteiger partial charge in [0, 0.05) is 36.1 Å². The van der Waals surface area contributed by atoms with E-state index in [-0.39, 0.29) is 12.4 Å². The van der Waals surface area contributed by atoms with E-state index >= 15 is 0 Å². The maximum atomic E-state index is 13.5. The molecule has 0 aliphatic heterocycles. The Balaban J connectivity index is 1.90. The van der Waals surface area contributed by atoms with E-state index in [0.717, 1.165) is 5.56 Å². The normalized spacial score (nSPS) is 12.4. The molecule has 0 fully saturated rings. The number of nitrogens with one attached hydrogen (secondary N) is 1. The molecule has 0 amide bonds. The Hall–Kier alpha value is -1.49. The molecule has 0 aliphatic rings.